The first kappa shape index (κ1) is 14.3. The van der Waals surface area contributed by atoms with Crippen molar-refractivity contribution in [1.82, 2.24) is 14.5 Å². The molecule has 0 unspecified atom stereocenters. The van der Waals surface area contributed by atoms with E-state index >= 15 is 0 Å². The molecule has 3 N–H and O–H groups in total. The number of rotatable bonds is 2. The lowest BCUT2D eigenvalue weighted by Crippen LogP contribution is -2.32. The van der Waals surface area contributed by atoms with Gasteiger partial charge in [-0.25, -0.2) is 4.98 Å². The number of nitrogens with zero attached hydrogens (tertiary/aromatic N) is 3. The van der Waals surface area contributed by atoms with Gasteiger partial charge in [-0.05, 0) is 30.2 Å². The number of nitrogens with two attached hydrogens (primary N) is 1. The van der Waals surface area contributed by atoms with Crippen molar-refractivity contribution >= 4 is 11.6 Å². The predicted molar refractivity (Wildman–Crippen MR) is 88.5 cm³/mol. The summed E-state index contributed by atoms with van der Waals surface area (Å²) >= 11 is 0. The highest BCUT2D eigenvalue weighted by Crippen LogP contribution is 2.28. The lowest BCUT2D eigenvalue weighted by molar-refractivity contribution is 0.0789. The van der Waals surface area contributed by atoms with Gasteiger partial charge in [0.2, 0.25) is 0 Å². The first-order chi connectivity index (χ1) is 11.1. The number of benzene rings is 1. The van der Waals surface area contributed by atoms with Gasteiger partial charge in [0, 0.05) is 56.1 Å². The SMILES string of the molecule is Cn1cnc([C@@H]2CN(C(=O)c3ccc4c(c3)CCN4)C[C@H]2N)c1. The molecule has 1 aromatic carbocycles. The maximum absolute atomic E-state index is 12.8. The Morgan fingerprint density at radius 1 is 1.39 bits per heavy atom. The molecule has 4 rings (SSSR count). The number of aryl methyl sites for hydroxylation is 1. The molecule has 0 saturated carbocycles. The van der Waals surface area contributed by atoms with Crippen molar-refractivity contribution in [2.75, 3.05) is 25.0 Å². The van der Waals surface area contributed by atoms with Gasteiger partial charge in [0.1, 0.15) is 0 Å². The van der Waals surface area contributed by atoms with Crippen LogP contribution in [-0.2, 0) is 13.5 Å². The summed E-state index contributed by atoms with van der Waals surface area (Å²) in [6.07, 6.45) is 4.74. The van der Waals surface area contributed by atoms with Crippen LogP contribution in [0.3, 0.4) is 0 Å². The molecule has 1 aromatic heterocycles. The largest absolute Gasteiger partial charge is 0.384 e. The number of anilines is 1. The van der Waals surface area contributed by atoms with Crippen molar-refractivity contribution in [3.8, 4) is 0 Å². The number of nitrogens with one attached hydrogen (secondary N) is 1. The van der Waals surface area contributed by atoms with E-state index < -0.39 is 0 Å². The zero-order chi connectivity index (χ0) is 16.0. The summed E-state index contributed by atoms with van der Waals surface area (Å²) in [5, 5.41) is 3.32. The zero-order valence-electron chi connectivity index (χ0n) is 13.2. The Morgan fingerprint density at radius 3 is 3.04 bits per heavy atom. The summed E-state index contributed by atoms with van der Waals surface area (Å²) in [6.45, 7) is 2.16. The first-order valence-electron chi connectivity index (χ1n) is 8.01. The van der Waals surface area contributed by atoms with E-state index in [-0.39, 0.29) is 17.9 Å². The molecule has 6 heteroatoms. The maximum Gasteiger partial charge on any atom is 0.253 e. The molecular formula is C17H21N5O. The molecule has 6 nitrogen and oxygen atoms in total. The topological polar surface area (TPSA) is 76.2 Å². The van der Waals surface area contributed by atoms with Crippen molar-refractivity contribution in [3.63, 3.8) is 0 Å². The molecule has 1 amide bonds. The van der Waals surface area contributed by atoms with E-state index in [1.165, 1.54) is 5.56 Å². The average Bonchev–Trinajstić information content (AvgIpc) is 3.25. The van der Waals surface area contributed by atoms with Crippen LogP contribution in [-0.4, -0.2) is 46.0 Å². The van der Waals surface area contributed by atoms with E-state index in [1.54, 1.807) is 6.33 Å². The van der Waals surface area contributed by atoms with Crippen LogP contribution in [0.25, 0.3) is 0 Å². The van der Waals surface area contributed by atoms with Gasteiger partial charge in [-0.2, -0.15) is 0 Å². The van der Waals surface area contributed by atoms with Crippen molar-refractivity contribution in [3.05, 3.63) is 47.5 Å². The molecule has 120 valence electrons. The third kappa shape index (κ3) is 2.49. The highest BCUT2D eigenvalue weighted by Gasteiger charge is 2.35. The number of carbonyl (C=O) groups is 1. The van der Waals surface area contributed by atoms with E-state index in [4.69, 9.17) is 5.73 Å². The van der Waals surface area contributed by atoms with Crippen molar-refractivity contribution < 1.29 is 4.79 Å². The minimum atomic E-state index is -0.0649. The summed E-state index contributed by atoms with van der Waals surface area (Å²) < 4.78 is 1.92. The minimum Gasteiger partial charge on any atom is -0.384 e. The fourth-order valence-electron chi connectivity index (χ4n) is 3.55. The second-order valence-electron chi connectivity index (χ2n) is 6.49. The number of imidazole rings is 1. The third-order valence-electron chi connectivity index (χ3n) is 4.82. The summed E-state index contributed by atoms with van der Waals surface area (Å²) in [4.78, 5) is 19.1. The Kier molecular flexibility index (Phi) is 3.34. The fourth-order valence-corrected chi connectivity index (χ4v) is 3.55. The lowest BCUT2D eigenvalue weighted by Gasteiger charge is -2.16. The standard InChI is InChI=1S/C17H21N5O/c1-21-9-16(20-10-21)13-7-22(8-14(13)18)17(23)12-2-3-15-11(6-12)4-5-19-15/h2-3,6,9-10,13-14,19H,4-5,7-8,18H2,1H3/t13-,14-/m1/s1. The number of likely N-dealkylation sites (tertiary alicyclic amines) is 1. The van der Waals surface area contributed by atoms with Crippen LogP contribution >= 0.6 is 0 Å². The molecule has 0 radical (unpaired) electrons. The number of carbonyl (C=O) groups excluding carboxylic acids is 1. The van der Waals surface area contributed by atoms with E-state index in [0.29, 0.717) is 13.1 Å². The van der Waals surface area contributed by atoms with E-state index in [1.807, 2.05) is 40.9 Å². The second-order valence-corrected chi connectivity index (χ2v) is 6.49. The van der Waals surface area contributed by atoms with Crippen LogP contribution in [0.5, 0.6) is 0 Å². The number of fused-ring (bicyclic) bond motifs is 1. The van der Waals surface area contributed by atoms with Gasteiger partial charge in [0.15, 0.2) is 0 Å². The summed E-state index contributed by atoms with van der Waals surface area (Å²) in [5.74, 6) is 0.171. The third-order valence-corrected chi connectivity index (χ3v) is 4.82. The Bertz CT molecular complexity index is 753. The van der Waals surface area contributed by atoms with Crippen LogP contribution in [0.1, 0.15) is 27.5 Å². The first-order valence-corrected chi connectivity index (χ1v) is 8.01. The molecule has 1 saturated heterocycles. The summed E-state index contributed by atoms with van der Waals surface area (Å²) in [6, 6.07) is 5.85. The Labute approximate surface area is 135 Å². The van der Waals surface area contributed by atoms with Crippen molar-refractivity contribution in [2.45, 2.75) is 18.4 Å². The van der Waals surface area contributed by atoms with Gasteiger partial charge < -0.3 is 20.5 Å². The zero-order valence-corrected chi connectivity index (χ0v) is 13.2. The lowest BCUT2D eigenvalue weighted by atomic mass is 10.0. The van der Waals surface area contributed by atoms with Crippen molar-refractivity contribution in [2.24, 2.45) is 12.8 Å². The van der Waals surface area contributed by atoms with Crippen molar-refractivity contribution in [1.29, 1.82) is 0 Å². The molecule has 1 fully saturated rings. The molecule has 0 aliphatic carbocycles. The average molecular weight is 311 g/mol. The van der Waals surface area contributed by atoms with Gasteiger partial charge in [0.25, 0.3) is 5.91 Å². The molecule has 2 aliphatic rings. The Hall–Kier alpha value is -2.34. The molecule has 23 heavy (non-hydrogen) atoms. The Morgan fingerprint density at radius 2 is 2.26 bits per heavy atom. The number of aromatic nitrogens is 2. The van der Waals surface area contributed by atoms with E-state index in [2.05, 4.69) is 10.3 Å². The number of amides is 1. The second kappa shape index (κ2) is 5.38. The van der Waals surface area contributed by atoms with E-state index in [9.17, 15) is 4.79 Å². The van der Waals surface area contributed by atoms with Gasteiger partial charge in [-0.3, -0.25) is 4.79 Å². The summed E-state index contributed by atoms with van der Waals surface area (Å²) in [7, 11) is 1.94. The minimum absolute atomic E-state index is 0.0635. The maximum atomic E-state index is 12.8. The summed E-state index contributed by atoms with van der Waals surface area (Å²) in [5.41, 5.74) is 10.3. The molecule has 0 bridgehead atoms. The van der Waals surface area contributed by atoms with Crippen LogP contribution in [0.15, 0.2) is 30.7 Å². The molecular weight excluding hydrogens is 290 g/mol. The van der Waals surface area contributed by atoms with Gasteiger partial charge in [0.05, 0.1) is 12.0 Å². The number of hydrogen-bond donors (Lipinski definition) is 2. The van der Waals surface area contributed by atoms with Crippen LogP contribution < -0.4 is 11.1 Å². The van der Waals surface area contributed by atoms with Crippen LogP contribution in [0.2, 0.25) is 0 Å². The Balaban J connectivity index is 1.53. The molecule has 2 aromatic rings. The van der Waals surface area contributed by atoms with Crippen LogP contribution in [0.4, 0.5) is 5.69 Å². The predicted octanol–water partition coefficient (Wildman–Crippen LogP) is 0.955. The fraction of sp³-hybridized carbons (Fsp3) is 0.412. The highest BCUT2D eigenvalue weighted by atomic mass is 16.2. The van der Waals surface area contributed by atoms with Crippen LogP contribution in [0, 0.1) is 0 Å². The number of hydrogen-bond acceptors (Lipinski definition) is 4. The highest BCUT2D eigenvalue weighted by molar-refractivity contribution is 5.95. The van der Waals surface area contributed by atoms with Gasteiger partial charge >= 0.3 is 0 Å². The molecule has 2 atom stereocenters. The van der Waals surface area contributed by atoms with Gasteiger partial charge in [-0.15, -0.1) is 0 Å². The quantitative estimate of drug-likeness (QED) is 0.866. The molecule has 0 spiro atoms. The monoisotopic (exact) mass is 311 g/mol. The normalized spacial score (nSPS) is 23.0. The van der Waals surface area contributed by atoms with Gasteiger partial charge in [-0.1, -0.05) is 0 Å². The smallest absolute Gasteiger partial charge is 0.253 e. The molecule has 3 heterocycles. The molecule has 2 aliphatic heterocycles. The van der Waals surface area contributed by atoms with E-state index in [0.717, 1.165) is 29.9 Å².